The highest BCUT2D eigenvalue weighted by Gasteiger charge is 2.48. The van der Waals surface area contributed by atoms with Crippen molar-refractivity contribution in [2.24, 2.45) is 0 Å². The minimum atomic E-state index is -2.90. The maximum absolute atomic E-state index is 7.13. The van der Waals surface area contributed by atoms with Crippen LogP contribution in [-0.2, 0) is 4.43 Å². The molecule has 0 aliphatic carbocycles. The molecule has 0 bridgehead atoms. The fourth-order valence-corrected chi connectivity index (χ4v) is 12.2. The van der Waals surface area contributed by atoms with E-state index in [0.29, 0.717) is 0 Å². The number of aryl methyl sites for hydroxylation is 2. The van der Waals surface area contributed by atoms with E-state index in [1.54, 1.807) is 0 Å². The second-order valence-electron chi connectivity index (χ2n) is 11.0. The van der Waals surface area contributed by atoms with Gasteiger partial charge in [0.1, 0.15) is 0 Å². The third kappa shape index (κ3) is 4.01. The number of rotatable bonds is 4. The lowest BCUT2D eigenvalue weighted by Crippen LogP contribution is -2.73. The van der Waals surface area contributed by atoms with Crippen molar-refractivity contribution in [1.29, 1.82) is 0 Å². The normalized spacial score (nSPS) is 11.6. The van der Waals surface area contributed by atoms with Gasteiger partial charge in [0.25, 0.3) is 8.32 Å². The molecule has 0 saturated carbocycles. The Morgan fingerprint density at radius 2 is 0.611 bits per heavy atom. The van der Waals surface area contributed by atoms with Gasteiger partial charge in [-0.3, -0.25) is 0 Å². The predicted octanol–water partition coefficient (Wildman–Crippen LogP) is 7.25. The van der Waals surface area contributed by atoms with Crippen molar-refractivity contribution in [3.8, 4) is 0 Å². The van der Waals surface area contributed by atoms with Crippen LogP contribution in [0, 0.1) is 96.9 Å². The summed E-state index contributed by atoms with van der Waals surface area (Å²) in [5.41, 5.74) is 19.4. The van der Waals surface area contributed by atoms with E-state index in [1.807, 2.05) is 7.11 Å². The van der Waals surface area contributed by atoms with E-state index in [0.717, 1.165) is 0 Å². The molecule has 0 aromatic heterocycles. The first-order chi connectivity index (χ1) is 16.2. The molecule has 0 radical (unpaired) electrons. The monoisotopic (exact) mass is 502 g/mol. The van der Waals surface area contributed by atoms with Crippen molar-refractivity contribution in [2.45, 2.75) is 104 Å². The minimum absolute atomic E-state index is 0. The van der Waals surface area contributed by atoms with Crippen LogP contribution in [0.1, 0.15) is 85.3 Å². The SMILES string of the molecule is C.CO[Si](c1c(C)c(C)cc(C)c1C)(c1c(C)c(C)c(C)c(C)c1C)c1c(C)c(C)c(C)c(C)c1C. The second kappa shape index (κ2) is 10.3. The topological polar surface area (TPSA) is 9.23 Å². The lowest BCUT2D eigenvalue weighted by molar-refractivity contribution is 0.425. The van der Waals surface area contributed by atoms with E-state index in [9.17, 15) is 0 Å². The second-order valence-corrected chi connectivity index (χ2v) is 14.3. The maximum Gasteiger partial charge on any atom is 0.289 e. The van der Waals surface area contributed by atoms with Crippen molar-refractivity contribution in [1.82, 2.24) is 0 Å². The van der Waals surface area contributed by atoms with Gasteiger partial charge >= 0.3 is 0 Å². The summed E-state index contributed by atoms with van der Waals surface area (Å²) in [6.07, 6.45) is 0. The van der Waals surface area contributed by atoms with Crippen LogP contribution in [0.15, 0.2) is 6.07 Å². The molecule has 0 heterocycles. The van der Waals surface area contributed by atoms with E-state index in [-0.39, 0.29) is 7.43 Å². The number of hydrogen-bond donors (Lipinski definition) is 0. The van der Waals surface area contributed by atoms with E-state index in [4.69, 9.17) is 4.43 Å². The molecule has 0 spiro atoms. The Bertz CT molecular complexity index is 1200. The van der Waals surface area contributed by atoms with Gasteiger partial charge in [0, 0.05) is 7.11 Å². The van der Waals surface area contributed by atoms with Gasteiger partial charge in [-0.05, 0) is 190 Å². The number of hydrogen-bond acceptors (Lipinski definition) is 1. The highest BCUT2D eigenvalue weighted by atomic mass is 28.4. The zero-order valence-electron chi connectivity index (χ0n) is 25.0. The minimum Gasteiger partial charge on any atom is -0.408 e. The fraction of sp³-hybridized carbons (Fsp3) is 0.471. The highest BCUT2D eigenvalue weighted by molar-refractivity contribution is 7.08. The smallest absolute Gasteiger partial charge is 0.289 e. The summed E-state index contributed by atoms with van der Waals surface area (Å²) in [6, 6.07) is 2.35. The zero-order chi connectivity index (χ0) is 26.7. The van der Waals surface area contributed by atoms with Gasteiger partial charge in [-0.15, -0.1) is 0 Å². The van der Waals surface area contributed by atoms with Crippen LogP contribution in [0.2, 0.25) is 0 Å². The summed E-state index contributed by atoms with van der Waals surface area (Å²) in [6.45, 7) is 32.2. The van der Waals surface area contributed by atoms with Crippen molar-refractivity contribution in [3.63, 3.8) is 0 Å². The Kier molecular flexibility index (Phi) is 8.60. The van der Waals surface area contributed by atoms with E-state index >= 15 is 0 Å². The van der Waals surface area contributed by atoms with Gasteiger partial charge in [0.05, 0.1) is 0 Å². The fourth-order valence-electron chi connectivity index (χ4n) is 6.48. The Morgan fingerprint density at radius 3 is 0.861 bits per heavy atom. The van der Waals surface area contributed by atoms with E-state index in [2.05, 4.69) is 103 Å². The average Bonchev–Trinajstić information content (AvgIpc) is 2.82. The molecule has 0 aliphatic rings. The first kappa shape index (κ1) is 30.1. The third-order valence-corrected chi connectivity index (χ3v) is 14.7. The predicted molar refractivity (Wildman–Crippen MR) is 164 cm³/mol. The first-order valence-electron chi connectivity index (χ1n) is 12.9. The van der Waals surface area contributed by atoms with Gasteiger partial charge in [0.15, 0.2) is 0 Å². The van der Waals surface area contributed by atoms with Crippen LogP contribution in [-0.4, -0.2) is 15.4 Å². The standard InChI is InChI=1S/C33H46OSi.CH4/c1-17-16-18(2)20(4)31(19(17)3)35(34-15,32-27(11)23(7)21(5)24(8)28(32)12)33-29(13)25(9)22(6)26(10)30(33)14;/h16H,1-15H3;1H4. The molecule has 3 aromatic rings. The molecule has 0 saturated heterocycles. The van der Waals surface area contributed by atoms with Gasteiger partial charge in [-0.1, -0.05) is 13.5 Å². The van der Waals surface area contributed by atoms with Gasteiger partial charge in [0.2, 0.25) is 0 Å². The largest absolute Gasteiger partial charge is 0.408 e. The van der Waals surface area contributed by atoms with Gasteiger partial charge in [-0.2, -0.15) is 0 Å². The van der Waals surface area contributed by atoms with E-state index in [1.165, 1.54) is 93.4 Å². The lowest BCUT2D eigenvalue weighted by atomic mass is 9.94. The summed E-state index contributed by atoms with van der Waals surface area (Å²) in [7, 11) is -0.918. The van der Waals surface area contributed by atoms with Crippen molar-refractivity contribution >= 4 is 23.9 Å². The Morgan fingerprint density at radius 1 is 0.389 bits per heavy atom. The molecule has 1 nitrogen and oxygen atoms in total. The Labute approximate surface area is 223 Å². The summed E-state index contributed by atoms with van der Waals surface area (Å²) in [5, 5.41) is 4.34. The van der Waals surface area contributed by atoms with Crippen molar-refractivity contribution < 1.29 is 4.43 Å². The molecule has 3 rings (SSSR count). The average molecular weight is 503 g/mol. The van der Waals surface area contributed by atoms with Crippen LogP contribution in [0.3, 0.4) is 0 Å². The molecule has 196 valence electrons. The van der Waals surface area contributed by atoms with Crippen LogP contribution in [0.4, 0.5) is 0 Å². The van der Waals surface area contributed by atoms with Crippen LogP contribution >= 0.6 is 0 Å². The zero-order valence-corrected chi connectivity index (χ0v) is 26.0. The van der Waals surface area contributed by atoms with Crippen LogP contribution in [0.25, 0.3) is 0 Å². The van der Waals surface area contributed by atoms with Crippen LogP contribution in [0.5, 0.6) is 0 Å². The van der Waals surface area contributed by atoms with Crippen LogP contribution < -0.4 is 15.6 Å². The first-order valence-corrected chi connectivity index (χ1v) is 14.8. The Balaban J connectivity index is 0.00000456. The molecule has 0 atom stereocenters. The summed E-state index contributed by atoms with van der Waals surface area (Å²) >= 11 is 0. The van der Waals surface area contributed by atoms with Crippen molar-refractivity contribution in [2.75, 3.05) is 7.11 Å². The number of benzene rings is 3. The Hall–Kier alpha value is -2.16. The summed E-state index contributed by atoms with van der Waals surface area (Å²) < 4.78 is 7.13. The summed E-state index contributed by atoms with van der Waals surface area (Å²) in [4.78, 5) is 0. The lowest BCUT2D eigenvalue weighted by Gasteiger charge is -2.41. The molecule has 0 fully saturated rings. The third-order valence-electron chi connectivity index (χ3n) is 9.73. The molecule has 36 heavy (non-hydrogen) atoms. The highest BCUT2D eigenvalue weighted by Crippen LogP contribution is 2.29. The van der Waals surface area contributed by atoms with Gasteiger partial charge < -0.3 is 4.43 Å². The maximum atomic E-state index is 7.13. The quantitative estimate of drug-likeness (QED) is 0.270. The van der Waals surface area contributed by atoms with Gasteiger partial charge in [-0.25, -0.2) is 0 Å². The molecule has 0 amide bonds. The van der Waals surface area contributed by atoms with Crippen molar-refractivity contribution in [3.05, 3.63) is 84.0 Å². The molecule has 3 aromatic carbocycles. The molecule has 2 heteroatoms. The molecule has 0 aliphatic heterocycles. The molecule has 0 unspecified atom stereocenters. The molecular weight excluding hydrogens is 452 g/mol. The summed E-state index contributed by atoms with van der Waals surface area (Å²) in [5.74, 6) is 0. The molecule has 0 N–H and O–H groups in total. The van der Waals surface area contributed by atoms with E-state index < -0.39 is 8.32 Å². The molecular formula is C34H50OSi.